The van der Waals surface area contributed by atoms with Gasteiger partial charge >= 0.3 is 0 Å². The van der Waals surface area contributed by atoms with Crippen molar-refractivity contribution in [2.45, 2.75) is 49.5 Å². The molecule has 4 rings (SSSR count). The molecule has 8 heteroatoms. The molecule has 0 aliphatic carbocycles. The highest BCUT2D eigenvalue weighted by atomic mass is 32.2. The van der Waals surface area contributed by atoms with Gasteiger partial charge in [-0.15, -0.1) is 0 Å². The number of rotatable bonds is 7. The lowest BCUT2D eigenvalue weighted by atomic mass is 10.0. The first-order valence-electron chi connectivity index (χ1n) is 11.7. The van der Waals surface area contributed by atoms with Gasteiger partial charge in [-0.2, -0.15) is 4.31 Å². The van der Waals surface area contributed by atoms with E-state index in [9.17, 15) is 13.2 Å². The Hall–Kier alpha value is -2.58. The van der Waals surface area contributed by atoms with E-state index in [1.54, 1.807) is 35.7 Å². The minimum Gasteiger partial charge on any atom is -0.497 e. The van der Waals surface area contributed by atoms with Gasteiger partial charge in [-0.05, 0) is 67.6 Å². The van der Waals surface area contributed by atoms with Crippen LogP contribution in [-0.2, 0) is 21.2 Å². The zero-order valence-electron chi connectivity index (χ0n) is 19.2. The molecular formula is C25H33N3O4S. The van der Waals surface area contributed by atoms with E-state index in [0.29, 0.717) is 18.0 Å². The van der Waals surface area contributed by atoms with Gasteiger partial charge in [0, 0.05) is 37.9 Å². The lowest BCUT2D eigenvalue weighted by molar-refractivity contribution is -0.121. The van der Waals surface area contributed by atoms with Gasteiger partial charge in [0.25, 0.3) is 0 Å². The molecule has 2 aromatic rings. The fourth-order valence-electron chi connectivity index (χ4n) is 4.57. The molecule has 2 aliphatic rings. The van der Waals surface area contributed by atoms with Gasteiger partial charge in [0.1, 0.15) is 5.75 Å². The molecular weight excluding hydrogens is 438 g/mol. The Labute approximate surface area is 196 Å². The zero-order chi connectivity index (χ0) is 23.3. The van der Waals surface area contributed by atoms with Crippen molar-refractivity contribution in [1.29, 1.82) is 0 Å². The molecule has 178 valence electrons. The van der Waals surface area contributed by atoms with E-state index in [1.807, 2.05) is 12.1 Å². The second kappa shape index (κ2) is 10.6. The smallest absolute Gasteiger partial charge is 0.243 e. The maximum atomic E-state index is 12.8. The summed E-state index contributed by atoms with van der Waals surface area (Å²) in [5, 5.41) is 3.14. The Morgan fingerprint density at radius 1 is 0.939 bits per heavy atom. The minimum absolute atomic E-state index is 0.0236. The fraction of sp³-hybridized carbons (Fsp3) is 0.480. The molecule has 2 fully saturated rings. The van der Waals surface area contributed by atoms with Gasteiger partial charge in [0.15, 0.2) is 0 Å². The van der Waals surface area contributed by atoms with Crippen molar-refractivity contribution in [2.75, 3.05) is 38.2 Å². The molecule has 0 atom stereocenters. The third-order valence-corrected chi connectivity index (χ3v) is 8.45. The van der Waals surface area contributed by atoms with E-state index in [2.05, 4.69) is 22.3 Å². The summed E-state index contributed by atoms with van der Waals surface area (Å²) in [7, 11) is -1.78. The third kappa shape index (κ3) is 5.86. The van der Waals surface area contributed by atoms with Crippen LogP contribution in [0.15, 0.2) is 53.4 Å². The van der Waals surface area contributed by atoms with E-state index < -0.39 is 10.0 Å². The Bertz CT molecular complexity index is 1020. The number of nitrogens with one attached hydrogen (secondary N) is 1. The van der Waals surface area contributed by atoms with Gasteiger partial charge < -0.3 is 15.0 Å². The predicted octanol–water partition coefficient (Wildman–Crippen LogP) is 3.20. The van der Waals surface area contributed by atoms with Crippen molar-refractivity contribution in [3.05, 3.63) is 54.1 Å². The molecule has 0 unspecified atom stereocenters. The van der Waals surface area contributed by atoms with E-state index >= 15 is 0 Å². The number of sulfonamides is 1. The SMILES string of the molecule is COc1ccc(N2CCC(NC(=O)Cc3ccc(S(=O)(=O)N4CCCCC4)cc3)CC2)cc1. The van der Waals surface area contributed by atoms with Crippen LogP contribution in [0.5, 0.6) is 5.75 Å². The number of hydrogen-bond donors (Lipinski definition) is 1. The molecule has 0 bridgehead atoms. The number of carbonyl (C=O) groups is 1. The first-order chi connectivity index (χ1) is 16.0. The molecule has 2 aliphatic heterocycles. The monoisotopic (exact) mass is 471 g/mol. The van der Waals surface area contributed by atoms with Crippen molar-refractivity contribution in [3.8, 4) is 5.75 Å². The number of methoxy groups -OCH3 is 1. The Morgan fingerprint density at radius 2 is 1.58 bits per heavy atom. The molecule has 0 aromatic heterocycles. The van der Waals surface area contributed by atoms with E-state index in [-0.39, 0.29) is 18.4 Å². The van der Waals surface area contributed by atoms with Crippen LogP contribution in [0.3, 0.4) is 0 Å². The minimum atomic E-state index is -3.44. The molecule has 0 saturated carbocycles. The van der Waals surface area contributed by atoms with Crippen LogP contribution >= 0.6 is 0 Å². The zero-order valence-corrected chi connectivity index (χ0v) is 20.0. The average molecular weight is 472 g/mol. The molecule has 0 spiro atoms. The summed E-state index contributed by atoms with van der Waals surface area (Å²) in [6.45, 7) is 2.95. The number of benzene rings is 2. The number of anilines is 1. The number of ether oxygens (including phenoxy) is 1. The largest absolute Gasteiger partial charge is 0.497 e. The average Bonchev–Trinajstić information content (AvgIpc) is 2.85. The third-order valence-electron chi connectivity index (χ3n) is 6.54. The summed E-state index contributed by atoms with van der Waals surface area (Å²) in [5.74, 6) is 0.822. The van der Waals surface area contributed by atoms with Gasteiger partial charge in [0.05, 0.1) is 18.4 Å². The molecule has 2 saturated heterocycles. The van der Waals surface area contributed by atoms with Crippen LogP contribution in [-0.4, -0.2) is 58.0 Å². The lowest BCUT2D eigenvalue weighted by Crippen LogP contribution is -2.45. The van der Waals surface area contributed by atoms with Crippen molar-refractivity contribution < 1.29 is 17.9 Å². The molecule has 33 heavy (non-hydrogen) atoms. The number of nitrogens with zero attached hydrogens (tertiary/aromatic N) is 2. The first-order valence-corrected chi connectivity index (χ1v) is 13.2. The fourth-order valence-corrected chi connectivity index (χ4v) is 6.09. The summed E-state index contributed by atoms with van der Waals surface area (Å²) < 4.78 is 32.3. The standard InChI is InChI=1S/C25H33N3O4S/c1-32-23-9-7-22(8-10-23)27-17-13-21(14-18-27)26-25(29)19-20-5-11-24(12-6-20)33(30,31)28-15-3-2-4-16-28/h5-12,21H,2-4,13-19H2,1H3,(H,26,29). The van der Waals surface area contributed by atoms with Gasteiger partial charge in [-0.3, -0.25) is 4.79 Å². The van der Waals surface area contributed by atoms with Crippen LogP contribution in [0.1, 0.15) is 37.7 Å². The summed E-state index contributed by atoms with van der Waals surface area (Å²) >= 11 is 0. The van der Waals surface area contributed by atoms with Crippen LogP contribution in [0.2, 0.25) is 0 Å². The number of amides is 1. The Balaban J connectivity index is 1.26. The summed E-state index contributed by atoms with van der Waals surface area (Å²) in [6.07, 6.45) is 4.95. The molecule has 7 nitrogen and oxygen atoms in total. The van der Waals surface area contributed by atoms with E-state index in [0.717, 1.165) is 56.5 Å². The second-order valence-corrected chi connectivity index (χ2v) is 10.8. The van der Waals surface area contributed by atoms with Crippen LogP contribution in [0.25, 0.3) is 0 Å². The van der Waals surface area contributed by atoms with Crippen molar-refractivity contribution in [1.82, 2.24) is 9.62 Å². The topological polar surface area (TPSA) is 79.0 Å². The summed E-state index contributed by atoms with van der Waals surface area (Å²) in [4.78, 5) is 15.2. The normalized spacial score (nSPS) is 18.2. The molecule has 2 heterocycles. The Kier molecular flexibility index (Phi) is 7.55. The molecule has 2 aromatic carbocycles. The number of carbonyl (C=O) groups excluding carboxylic acids is 1. The highest BCUT2D eigenvalue weighted by Crippen LogP contribution is 2.23. The van der Waals surface area contributed by atoms with E-state index in [4.69, 9.17) is 4.74 Å². The van der Waals surface area contributed by atoms with Crippen LogP contribution < -0.4 is 15.0 Å². The van der Waals surface area contributed by atoms with Crippen molar-refractivity contribution >= 4 is 21.6 Å². The maximum Gasteiger partial charge on any atom is 0.243 e. The lowest BCUT2D eigenvalue weighted by Gasteiger charge is -2.34. The van der Waals surface area contributed by atoms with Gasteiger partial charge in [0.2, 0.25) is 15.9 Å². The quantitative estimate of drug-likeness (QED) is 0.671. The molecule has 1 amide bonds. The van der Waals surface area contributed by atoms with Crippen LogP contribution in [0.4, 0.5) is 5.69 Å². The van der Waals surface area contributed by atoms with Gasteiger partial charge in [-0.1, -0.05) is 18.6 Å². The predicted molar refractivity (Wildman–Crippen MR) is 129 cm³/mol. The Morgan fingerprint density at radius 3 is 2.18 bits per heavy atom. The molecule has 1 N–H and O–H groups in total. The van der Waals surface area contributed by atoms with Crippen molar-refractivity contribution in [2.24, 2.45) is 0 Å². The summed E-state index contributed by atoms with van der Waals surface area (Å²) in [6, 6.07) is 15.0. The summed E-state index contributed by atoms with van der Waals surface area (Å²) in [5.41, 5.74) is 1.99. The highest BCUT2D eigenvalue weighted by molar-refractivity contribution is 7.89. The van der Waals surface area contributed by atoms with E-state index in [1.165, 1.54) is 5.69 Å². The highest BCUT2D eigenvalue weighted by Gasteiger charge is 2.26. The van der Waals surface area contributed by atoms with Gasteiger partial charge in [-0.25, -0.2) is 8.42 Å². The van der Waals surface area contributed by atoms with Crippen LogP contribution in [0, 0.1) is 0 Å². The maximum absolute atomic E-state index is 12.8. The number of piperidine rings is 2. The first kappa shape index (κ1) is 23.6. The van der Waals surface area contributed by atoms with Crippen molar-refractivity contribution in [3.63, 3.8) is 0 Å². The second-order valence-electron chi connectivity index (χ2n) is 8.81. The number of hydrogen-bond acceptors (Lipinski definition) is 5. The molecule has 0 radical (unpaired) electrons.